The predicted octanol–water partition coefficient (Wildman–Crippen LogP) is 3.81. The van der Waals surface area contributed by atoms with Crippen molar-refractivity contribution in [3.05, 3.63) is 67.8 Å². The summed E-state index contributed by atoms with van der Waals surface area (Å²) in [4.78, 5) is 45.1. The summed E-state index contributed by atoms with van der Waals surface area (Å²) in [6.45, 7) is 10.1. The molecule has 7 nitrogen and oxygen atoms in total. The highest BCUT2D eigenvalue weighted by atomic mass is 32.2. The maximum atomic E-state index is 14.6. The number of anilines is 1. The van der Waals surface area contributed by atoms with Crippen LogP contribution in [-0.2, 0) is 19.1 Å². The first-order valence-corrected chi connectivity index (χ1v) is 14.0. The summed E-state index contributed by atoms with van der Waals surface area (Å²) in [6, 6.07) is 13.1. The Morgan fingerprint density at radius 3 is 2.68 bits per heavy atom. The predicted molar refractivity (Wildman–Crippen MR) is 150 cm³/mol. The van der Waals surface area contributed by atoms with Gasteiger partial charge < -0.3 is 19.6 Å². The van der Waals surface area contributed by atoms with Crippen molar-refractivity contribution in [3.8, 4) is 0 Å². The molecule has 2 amide bonds. The number of aliphatic hydroxyl groups excluding tert-OH is 1. The van der Waals surface area contributed by atoms with Gasteiger partial charge in [0.25, 0.3) is 5.91 Å². The van der Waals surface area contributed by atoms with E-state index in [1.807, 2.05) is 42.5 Å². The molecular weight excluding hydrogens is 500 g/mol. The Morgan fingerprint density at radius 1 is 1.21 bits per heavy atom. The highest BCUT2D eigenvalue weighted by Crippen LogP contribution is 2.68. The number of hydrogen-bond acceptors (Lipinski definition) is 6. The highest BCUT2D eigenvalue weighted by molar-refractivity contribution is 8.02. The van der Waals surface area contributed by atoms with Crippen molar-refractivity contribution in [1.82, 2.24) is 4.90 Å². The van der Waals surface area contributed by atoms with Gasteiger partial charge in [-0.3, -0.25) is 14.4 Å². The first-order valence-electron chi connectivity index (χ1n) is 13.2. The van der Waals surface area contributed by atoms with Crippen LogP contribution in [0.5, 0.6) is 0 Å². The van der Waals surface area contributed by atoms with Crippen molar-refractivity contribution in [2.45, 2.75) is 35.8 Å². The molecule has 0 aromatic heterocycles. The number of thioether (sulfide) groups is 1. The fraction of sp³-hybridized carbons (Fsp3) is 0.433. The van der Waals surface area contributed by atoms with E-state index in [0.29, 0.717) is 6.42 Å². The van der Waals surface area contributed by atoms with Gasteiger partial charge in [0.1, 0.15) is 12.6 Å². The Labute approximate surface area is 227 Å². The number of nitrogens with zero attached hydrogens (tertiary/aromatic N) is 2. The van der Waals surface area contributed by atoms with Crippen LogP contribution in [-0.4, -0.2) is 70.1 Å². The van der Waals surface area contributed by atoms with Crippen LogP contribution in [0.4, 0.5) is 5.69 Å². The fourth-order valence-corrected chi connectivity index (χ4v) is 9.13. The molecule has 3 saturated heterocycles. The number of aliphatic hydroxyl groups is 1. The number of amides is 2. The Morgan fingerprint density at radius 2 is 1.97 bits per heavy atom. The zero-order chi connectivity index (χ0) is 27.0. The number of benzene rings is 2. The van der Waals surface area contributed by atoms with Gasteiger partial charge in [0, 0.05) is 30.6 Å². The summed E-state index contributed by atoms with van der Waals surface area (Å²) in [6.07, 6.45) is 4.29. The summed E-state index contributed by atoms with van der Waals surface area (Å²) in [7, 11) is 0. The second-order valence-electron chi connectivity index (χ2n) is 10.3. The number of fused-ring (bicyclic) bond motifs is 2. The molecule has 3 fully saturated rings. The zero-order valence-electron chi connectivity index (χ0n) is 21.6. The van der Waals surface area contributed by atoms with Crippen LogP contribution in [0.1, 0.15) is 19.8 Å². The first-order chi connectivity index (χ1) is 18.4. The quantitative estimate of drug-likeness (QED) is 0.369. The lowest BCUT2D eigenvalue weighted by Crippen LogP contribution is -2.57. The average Bonchev–Trinajstić information content (AvgIpc) is 3.52. The van der Waals surface area contributed by atoms with Gasteiger partial charge in [-0.15, -0.1) is 18.3 Å². The van der Waals surface area contributed by atoms with Crippen molar-refractivity contribution >= 4 is 46.0 Å². The van der Waals surface area contributed by atoms with E-state index in [2.05, 4.69) is 20.1 Å². The largest absolute Gasteiger partial charge is 0.461 e. The molecule has 200 valence electrons. The Bertz CT molecular complexity index is 1280. The molecule has 6 atom stereocenters. The average molecular weight is 535 g/mol. The van der Waals surface area contributed by atoms with Gasteiger partial charge in [-0.2, -0.15) is 0 Å². The van der Waals surface area contributed by atoms with Crippen LogP contribution in [0, 0.1) is 17.8 Å². The number of esters is 1. The highest BCUT2D eigenvalue weighted by Gasteiger charge is 2.76. The molecule has 3 unspecified atom stereocenters. The van der Waals surface area contributed by atoms with Gasteiger partial charge in [0.2, 0.25) is 5.91 Å². The lowest BCUT2D eigenvalue weighted by Gasteiger charge is -2.40. The van der Waals surface area contributed by atoms with E-state index < -0.39 is 28.6 Å². The van der Waals surface area contributed by atoms with Crippen molar-refractivity contribution in [1.29, 1.82) is 0 Å². The van der Waals surface area contributed by atoms with E-state index in [-0.39, 0.29) is 49.3 Å². The van der Waals surface area contributed by atoms with Crippen LogP contribution in [0.3, 0.4) is 0 Å². The van der Waals surface area contributed by atoms with Crippen LogP contribution < -0.4 is 4.90 Å². The Balaban J connectivity index is 1.58. The van der Waals surface area contributed by atoms with E-state index in [9.17, 15) is 19.5 Å². The summed E-state index contributed by atoms with van der Waals surface area (Å²) in [5.74, 6) is -1.99. The van der Waals surface area contributed by atoms with Gasteiger partial charge in [0.05, 0.1) is 16.6 Å². The minimum atomic E-state index is -0.764. The van der Waals surface area contributed by atoms with Crippen LogP contribution in [0.15, 0.2) is 67.8 Å². The lowest BCUT2D eigenvalue weighted by atomic mass is 9.66. The van der Waals surface area contributed by atoms with E-state index in [0.717, 1.165) is 22.9 Å². The molecule has 0 aliphatic carbocycles. The fourth-order valence-electron chi connectivity index (χ4n) is 6.73. The third-order valence-electron chi connectivity index (χ3n) is 8.27. The first kappa shape index (κ1) is 26.5. The molecule has 1 N–H and O–H groups in total. The maximum Gasteiger partial charge on any atom is 0.311 e. The second kappa shape index (κ2) is 10.6. The minimum absolute atomic E-state index is 0.0464. The number of likely N-dealkylation sites (tertiary alicyclic amines) is 1. The van der Waals surface area contributed by atoms with E-state index >= 15 is 0 Å². The van der Waals surface area contributed by atoms with Gasteiger partial charge in [-0.1, -0.05) is 56.0 Å². The molecule has 0 radical (unpaired) electrons. The van der Waals surface area contributed by atoms with Crippen molar-refractivity contribution in [3.63, 3.8) is 0 Å². The molecule has 3 heterocycles. The number of hydrogen-bond donors (Lipinski definition) is 1. The topological polar surface area (TPSA) is 87.2 Å². The van der Waals surface area contributed by atoms with E-state index in [4.69, 9.17) is 4.74 Å². The molecule has 8 heteroatoms. The Hall–Kier alpha value is -3.10. The molecule has 2 bridgehead atoms. The molecule has 2 aromatic carbocycles. The molecule has 38 heavy (non-hydrogen) atoms. The summed E-state index contributed by atoms with van der Waals surface area (Å²) < 4.78 is 4.69. The molecule has 5 rings (SSSR count). The van der Waals surface area contributed by atoms with Gasteiger partial charge in [-0.25, -0.2) is 0 Å². The van der Waals surface area contributed by atoms with Crippen molar-refractivity contribution < 1.29 is 24.2 Å². The van der Waals surface area contributed by atoms with Crippen LogP contribution in [0.25, 0.3) is 10.8 Å². The number of carbonyl (C=O) groups is 3. The third-order valence-corrected chi connectivity index (χ3v) is 10.4. The molecule has 3 aliphatic rings. The van der Waals surface area contributed by atoms with Crippen LogP contribution >= 0.6 is 11.8 Å². The normalized spacial score (nSPS) is 29.4. The number of rotatable bonds is 10. The number of ether oxygens (including phenoxy) is 1. The smallest absolute Gasteiger partial charge is 0.311 e. The van der Waals surface area contributed by atoms with E-state index in [1.165, 1.54) is 6.08 Å². The third kappa shape index (κ3) is 4.05. The monoisotopic (exact) mass is 534 g/mol. The zero-order valence-corrected chi connectivity index (χ0v) is 22.4. The molecule has 1 spiro atoms. The van der Waals surface area contributed by atoms with E-state index in [1.54, 1.807) is 27.6 Å². The summed E-state index contributed by atoms with van der Waals surface area (Å²) in [5, 5.41) is 11.6. The van der Waals surface area contributed by atoms with Gasteiger partial charge in [-0.05, 0) is 41.7 Å². The van der Waals surface area contributed by atoms with Gasteiger partial charge >= 0.3 is 5.97 Å². The minimum Gasteiger partial charge on any atom is -0.461 e. The summed E-state index contributed by atoms with van der Waals surface area (Å²) >= 11 is 1.61. The SMILES string of the molecule is C=CCOC(=O)[C@@H]1[C@@H]2CC(C)C3(S2)C(C(=O)N(CC=C)c2ccc4ccccc4c2)N(CCCO)C(=O)[C@H]13. The maximum absolute atomic E-state index is 14.6. The molecule has 3 aliphatic heterocycles. The molecular formula is C30H34N2O5S. The molecule has 0 saturated carbocycles. The Kier molecular flexibility index (Phi) is 7.38. The number of carbonyl (C=O) groups excluding carboxylic acids is 3. The van der Waals surface area contributed by atoms with Crippen molar-refractivity contribution in [2.24, 2.45) is 17.8 Å². The van der Waals surface area contributed by atoms with Crippen molar-refractivity contribution in [2.75, 3.05) is 31.2 Å². The second-order valence-corrected chi connectivity index (χ2v) is 11.9. The molecule has 2 aromatic rings. The summed E-state index contributed by atoms with van der Waals surface area (Å²) in [5.41, 5.74) is 0.732. The lowest BCUT2D eigenvalue weighted by molar-refractivity contribution is -0.153. The van der Waals surface area contributed by atoms with Crippen LogP contribution in [0.2, 0.25) is 0 Å². The standard InChI is InChI=1S/C30H34N2O5S/c1-4-13-31(22-12-11-20-9-6-7-10-21(20)18-22)28(35)26-30-19(3)17-23(38-30)24(29(36)37-16-5-2)25(30)27(34)32(26)14-8-15-33/h4-7,9-12,18-19,23-26,33H,1-2,8,13-17H2,3H3/t19?,23-,24+,25-,26?,30?/m0/s1. The van der Waals surface area contributed by atoms with Gasteiger partial charge in [0.15, 0.2) is 0 Å².